The lowest BCUT2D eigenvalue weighted by atomic mass is 10.1. The van der Waals surface area contributed by atoms with Crippen LogP contribution in [0.15, 0.2) is 17.3 Å². The SMILES string of the molecule is CCOC(=O)[C@@]1(C)CSC(c2nccc(NCCOCCOCCOC)c2O)=N1. The van der Waals surface area contributed by atoms with E-state index in [9.17, 15) is 9.90 Å². The monoisotopic (exact) mass is 427 g/mol. The molecule has 2 heterocycles. The fourth-order valence-corrected chi connectivity index (χ4v) is 3.64. The maximum atomic E-state index is 12.1. The van der Waals surface area contributed by atoms with E-state index in [0.717, 1.165) is 0 Å². The molecule has 0 spiro atoms. The zero-order chi connectivity index (χ0) is 21.1. The minimum absolute atomic E-state index is 0.00485. The van der Waals surface area contributed by atoms with Crippen LogP contribution in [-0.2, 0) is 23.7 Å². The highest BCUT2D eigenvalue weighted by atomic mass is 32.2. The first-order valence-corrected chi connectivity index (χ1v) is 10.5. The Hall–Kier alpha value is -1.88. The van der Waals surface area contributed by atoms with E-state index in [-0.39, 0.29) is 11.7 Å². The van der Waals surface area contributed by atoms with Gasteiger partial charge in [-0.2, -0.15) is 0 Å². The summed E-state index contributed by atoms with van der Waals surface area (Å²) in [6.07, 6.45) is 1.59. The van der Waals surface area contributed by atoms with E-state index in [1.807, 2.05) is 0 Å². The van der Waals surface area contributed by atoms with Gasteiger partial charge in [0.25, 0.3) is 0 Å². The molecule has 10 heteroatoms. The van der Waals surface area contributed by atoms with Crippen molar-refractivity contribution in [2.24, 2.45) is 4.99 Å². The number of aromatic hydroxyl groups is 1. The number of aromatic nitrogens is 1. The second-order valence-corrected chi connectivity index (χ2v) is 7.36. The first kappa shape index (κ1) is 23.4. The number of thioether (sulfide) groups is 1. The van der Waals surface area contributed by atoms with Crippen LogP contribution in [0.25, 0.3) is 0 Å². The number of methoxy groups -OCH3 is 1. The van der Waals surface area contributed by atoms with E-state index >= 15 is 0 Å². The summed E-state index contributed by atoms with van der Waals surface area (Å²) < 4.78 is 20.8. The third-order valence-corrected chi connectivity index (χ3v) is 5.31. The number of aliphatic imine (C=N–C) groups is 1. The average Bonchev–Trinajstić information content (AvgIpc) is 3.11. The Kier molecular flexibility index (Phi) is 9.65. The summed E-state index contributed by atoms with van der Waals surface area (Å²) in [5.41, 5.74) is -0.0873. The lowest BCUT2D eigenvalue weighted by molar-refractivity contribution is -0.147. The second-order valence-electron chi connectivity index (χ2n) is 6.40. The van der Waals surface area contributed by atoms with Crippen LogP contribution in [0.2, 0.25) is 0 Å². The van der Waals surface area contributed by atoms with Crippen molar-refractivity contribution < 1.29 is 28.8 Å². The topological polar surface area (TPSA) is 112 Å². The van der Waals surface area contributed by atoms with E-state index in [4.69, 9.17) is 18.9 Å². The number of rotatable bonds is 13. The summed E-state index contributed by atoms with van der Waals surface area (Å²) in [4.78, 5) is 20.8. The van der Waals surface area contributed by atoms with Crippen molar-refractivity contribution in [2.75, 3.05) is 64.4 Å². The van der Waals surface area contributed by atoms with Crippen LogP contribution >= 0.6 is 11.8 Å². The fraction of sp³-hybridized carbons (Fsp3) is 0.632. The molecule has 1 atom stereocenters. The molecular formula is C19H29N3O6S. The fourth-order valence-electron chi connectivity index (χ4n) is 2.49. The highest BCUT2D eigenvalue weighted by molar-refractivity contribution is 8.14. The molecule has 2 N–H and O–H groups in total. The highest BCUT2D eigenvalue weighted by Gasteiger charge is 2.40. The maximum absolute atomic E-state index is 12.1. The predicted octanol–water partition coefficient (Wildman–Crippen LogP) is 1.69. The minimum Gasteiger partial charge on any atom is -0.504 e. The first-order valence-electron chi connectivity index (χ1n) is 9.48. The van der Waals surface area contributed by atoms with Crippen LogP contribution in [0.1, 0.15) is 19.5 Å². The number of pyridine rings is 1. The van der Waals surface area contributed by atoms with Gasteiger partial charge in [-0.3, -0.25) is 4.99 Å². The number of nitrogens with one attached hydrogen (secondary N) is 1. The molecule has 9 nitrogen and oxygen atoms in total. The van der Waals surface area contributed by atoms with Gasteiger partial charge >= 0.3 is 5.97 Å². The lowest BCUT2D eigenvalue weighted by Gasteiger charge is -2.16. The molecule has 0 aromatic carbocycles. The predicted molar refractivity (Wildman–Crippen MR) is 112 cm³/mol. The number of esters is 1. The highest BCUT2D eigenvalue weighted by Crippen LogP contribution is 2.36. The largest absolute Gasteiger partial charge is 0.504 e. The Morgan fingerprint density at radius 3 is 2.72 bits per heavy atom. The molecule has 0 aliphatic carbocycles. The summed E-state index contributed by atoms with van der Waals surface area (Å²) in [5.74, 6) is 0.0645. The van der Waals surface area contributed by atoms with Crippen LogP contribution in [-0.4, -0.2) is 85.7 Å². The number of hydrogen-bond donors (Lipinski definition) is 2. The van der Waals surface area contributed by atoms with Gasteiger partial charge in [0.2, 0.25) is 0 Å². The lowest BCUT2D eigenvalue weighted by Crippen LogP contribution is -2.35. The van der Waals surface area contributed by atoms with Gasteiger partial charge in [0.1, 0.15) is 10.7 Å². The Balaban J connectivity index is 1.86. The third-order valence-electron chi connectivity index (χ3n) is 4.05. The van der Waals surface area contributed by atoms with E-state index in [0.29, 0.717) is 68.4 Å². The molecule has 0 saturated heterocycles. The van der Waals surface area contributed by atoms with Crippen LogP contribution < -0.4 is 5.32 Å². The molecule has 29 heavy (non-hydrogen) atoms. The van der Waals surface area contributed by atoms with Crippen LogP contribution in [0.5, 0.6) is 5.75 Å². The standard InChI is InChI=1S/C19H29N3O6S/c1-4-28-18(24)19(2)13-29-17(22-19)15-16(23)14(5-6-21-15)20-7-8-26-11-12-27-10-9-25-3/h5-6,23H,4,7-13H2,1-3H3,(H,20,21)/t19-/m1/s1. The normalized spacial score (nSPS) is 18.5. The van der Waals surface area contributed by atoms with E-state index in [1.54, 1.807) is 33.2 Å². The summed E-state index contributed by atoms with van der Waals surface area (Å²) in [6.45, 7) is 6.85. The number of hydrogen-bond acceptors (Lipinski definition) is 10. The van der Waals surface area contributed by atoms with Gasteiger partial charge < -0.3 is 29.4 Å². The zero-order valence-corrected chi connectivity index (χ0v) is 17.9. The molecule has 0 saturated carbocycles. The molecule has 0 radical (unpaired) electrons. The molecule has 162 valence electrons. The van der Waals surface area contributed by atoms with E-state index in [2.05, 4.69) is 15.3 Å². The van der Waals surface area contributed by atoms with Gasteiger partial charge in [0, 0.05) is 25.6 Å². The molecule has 1 aromatic heterocycles. The van der Waals surface area contributed by atoms with Gasteiger partial charge in [-0.05, 0) is 19.9 Å². The van der Waals surface area contributed by atoms with Crippen LogP contribution in [0, 0.1) is 0 Å². The van der Waals surface area contributed by atoms with Crippen molar-refractivity contribution in [2.45, 2.75) is 19.4 Å². The van der Waals surface area contributed by atoms with Crippen LogP contribution in [0.4, 0.5) is 5.69 Å². The third kappa shape index (κ3) is 6.84. The molecule has 1 aliphatic heterocycles. The molecule has 2 rings (SSSR count). The molecular weight excluding hydrogens is 398 g/mol. The second kappa shape index (κ2) is 12.0. The summed E-state index contributed by atoms with van der Waals surface area (Å²) in [6, 6.07) is 1.68. The van der Waals surface area contributed by atoms with Crippen molar-refractivity contribution in [3.8, 4) is 5.75 Å². The number of anilines is 1. The van der Waals surface area contributed by atoms with Crippen molar-refractivity contribution >= 4 is 28.5 Å². The number of nitrogens with zero attached hydrogens (tertiary/aromatic N) is 2. The van der Waals surface area contributed by atoms with E-state index < -0.39 is 5.54 Å². The minimum atomic E-state index is -0.966. The number of carbonyl (C=O) groups is 1. The zero-order valence-electron chi connectivity index (χ0n) is 17.1. The number of ether oxygens (including phenoxy) is 4. The quantitative estimate of drug-likeness (QED) is 0.359. The van der Waals surface area contributed by atoms with Crippen molar-refractivity contribution in [1.29, 1.82) is 0 Å². The molecule has 0 amide bonds. The van der Waals surface area contributed by atoms with Crippen LogP contribution in [0.3, 0.4) is 0 Å². The van der Waals surface area contributed by atoms with Gasteiger partial charge in [0.05, 0.1) is 45.3 Å². The molecule has 0 unspecified atom stereocenters. The van der Waals surface area contributed by atoms with Crippen molar-refractivity contribution in [3.05, 3.63) is 18.0 Å². The average molecular weight is 428 g/mol. The van der Waals surface area contributed by atoms with Gasteiger partial charge in [-0.15, -0.1) is 11.8 Å². The summed E-state index contributed by atoms with van der Waals surface area (Å²) in [7, 11) is 1.63. The molecule has 1 aromatic rings. The Labute approximate surface area is 175 Å². The summed E-state index contributed by atoms with van der Waals surface area (Å²) >= 11 is 1.37. The van der Waals surface area contributed by atoms with Crippen molar-refractivity contribution in [3.63, 3.8) is 0 Å². The van der Waals surface area contributed by atoms with Gasteiger partial charge in [-0.25, -0.2) is 9.78 Å². The smallest absolute Gasteiger partial charge is 0.334 e. The molecule has 0 fully saturated rings. The molecule has 1 aliphatic rings. The Morgan fingerprint density at radius 1 is 1.28 bits per heavy atom. The molecule has 0 bridgehead atoms. The van der Waals surface area contributed by atoms with E-state index in [1.165, 1.54) is 11.8 Å². The van der Waals surface area contributed by atoms with Gasteiger partial charge in [-0.1, -0.05) is 0 Å². The van der Waals surface area contributed by atoms with Crippen molar-refractivity contribution in [1.82, 2.24) is 4.98 Å². The first-order chi connectivity index (χ1) is 14.0. The summed E-state index contributed by atoms with van der Waals surface area (Å²) in [5, 5.41) is 14.2. The maximum Gasteiger partial charge on any atom is 0.334 e. The number of carbonyl (C=O) groups excluding carboxylic acids is 1. The van der Waals surface area contributed by atoms with Gasteiger partial charge in [0.15, 0.2) is 11.3 Å². The Bertz CT molecular complexity index is 703. The Morgan fingerprint density at radius 2 is 2.00 bits per heavy atom.